The lowest BCUT2D eigenvalue weighted by atomic mass is 9.80. The first kappa shape index (κ1) is 13.4. The first-order valence-electron chi connectivity index (χ1n) is 6.34. The van der Waals surface area contributed by atoms with E-state index in [1.807, 2.05) is 25.6 Å². The third kappa shape index (κ3) is 2.13. The molecule has 1 aliphatic rings. The van der Waals surface area contributed by atoms with Crippen LogP contribution in [0.15, 0.2) is 0 Å². The van der Waals surface area contributed by atoms with Crippen molar-refractivity contribution in [3.05, 3.63) is 16.4 Å². The number of aryl methyl sites for hydroxylation is 1. The van der Waals surface area contributed by atoms with Crippen molar-refractivity contribution in [3.8, 4) is 6.07 Å². The summed E-state index contributed by atoms with van der Waals surface area (Å²) in [5.74, 6) is 0. The van der Waals surface area contributed by atoms with Gasteiger partial charge >= 0.3 is 0 Å². The Balaban J connectivity index is 2.29. The maximum absolute atomic E-state index is 9.37. The number of aromatic nitrogens is 2. The molecule has 0 radical (unpaired) electrons. The lowest BCUT2D eigenvalue weighted by Gasteiger charge is -2.36. The van der Waals surface area contributed by atoms with Crippen molar-refractivity contribution in [2.24, 2.45) is 0 Å². The highest BCUT2D eigenvalue weighted by atomic mass is 35.5. The molecular weight excluding hydrogens is 248 g/mol. The number of hydrogen-bond donors (Lipinski definition) is 1. The van der Waals surface area contributed by atoms with E-state index < -0.39 is 5.54 Å². The summed E-state index contributed by atoms with van der Waals surface area (Å²) < 4.78 is 2.00. The van der Waals surface area contributed by atoms with Crippen LogP contribution in [0.4, 0.5) is 0 Å². The van der Waals surface area contributed by atoms with E-state index in [0.29, 0.717) is 0 Å². The van der Waals surface area contributed by atoms with Gasteiger partial charge in [0.25, 0.3) is 0 Å². The van der Waals surface area contributed by atoms with Crippen LogP contribution in [0.2, 0.25) is 5.02 Å². The van der Waals surface area contributed by atoms with Gasteiger partial charge in [0.15, 0.2) is 0 Å². The van der Waals surface area contributed by atoms with Gasteiger partial charge in [-0.05, 0) is 40.2 Å². The number of nitriles is 1. The molecule has 4 nitrogen and oxygen atoms in total. The second kappa shape index (κ2) is 4.91. The van der Waals surface area contributed by atoms with Crippen molar-refractivity contribution in [2.75, 3.05) is 7.05 Å². The average Bonchev–Trinajstić information content (AvgIpc) is 2.66. The van der Waals surface area contributed by atoms with Gasteiger partial charge in [-0.3, -0.25) is 4.68 Å². The fourth-order valence-electron chi connectivity index (χ4n) is 2.84. The summed E-state index contributed by atoms with van der Waals surface area (Å²) in [6.45, 7) is 3.91. The van der Waals surface area contributed by atoms with Crippen molar-refractivity contribution in [1.29, 1.82) is 5.26 Å². The van der Waals surface area contributed by atoms with Crippen LogP contribution in [0.1, 0.15) is 43.1 Å². The molecule has 1 N–H and O–H groups in total. The Morgan fingerprint density at radius 3 is 2.78 bits per heavy atom. The SMILES string of the molecule is CNC1(C#N)CCCC(n2nc(C)c(Cl)c2C)C1. The van der Waals surface area contributed by atoms with Crippen LogP contribution in [0.3, 0.4) is 0 Å². The monoisotopic (exact) mass is 266 g/mol. The summed E-state index contributed by atoms with van der Waals surface area (Å²) in [6.07, 6.45) is 3.79. The smallest absolute Gasteiger partial charge is 0.108 e. The van der Waals surface area contributed by atoms with Crippen LogP contribution in [-0.4, -0.2) is 22.4 Å². The number of nitrogens with zero attached hydrogens (tertiary/aromatic N) is 3. The highest BCUT2D eigenvalue weighted by Crippen LogP contribution is 2.36. The third-order valence-corrected chi connectivity index (χ3v) is 4.55. The predicted molar refractivity (Wildman–Crippen MR) is 71.6 cm³/mol. The molecule has 0 spiro atoms. The summed E-state index contributed by atoms with van der Waals surface area (Å²) in [4.78, 5) is 0. The number of nitrogens with one attached hydrogen (secondary N) is 1. The zero-order valence-electron chi connectivity index (χ0n) is 11.1. The van der Waals surface area contributed by atoms with E-state index in [9.17, 15) is 5.26 Å². The Bertz CT molecular complexity index is 488. The van der Waals surface area contributed by atoms with Crippen molar-refractivity contribution in [1.82, 2.24) is 15.1 Å². The van der Waals surface area contributed by atoms with Gasteiger partial charge in [-0.1, -0.05) is 11.6 Å². The van der Waals surface area contributed by atoms with Gasteiger partial charge < -0.3 is 5.32 Å². The lowest BCUT2D eigenvalue weighted by molar-refractivity contribution is 0.227. The summed E-state index contributed by atoms with van der Waals surface area (Å²) in [7, 11) is 1.86. The molecule has 1 heterocycles. The van der Waals surface area contributed by atoms with E-state index >= 15 is 0 Å². The van der Waals surface area contributed by atoms with Gasteiger partial charge in [0.1, 0.15) is 5.54 Å². The summed E-state index contributed by atoms with van der Waals surface area (Å²) >= 11 is 6.19. The van der Waals surface area contributed by atoms with Crippen LogP contribution in [0.25, 0.3) is 0 Å². The zero-order valence-corrected chi connectivity index (χ0v) is 11.9. The average molecular weight is 267 g/mol. The predicted octanol–water partition coefficient (Wildman–Crippen LogP) is 2.75. The van der Waals surface area contributed by atoms with Gasteiger partial charge in [-0.15, -0.1) is 0 Å². The van der Waals surface area contributed by atoms with Gasteiger partial charge in [-0.25, -0.2) is 0 Å². The second-order valence-corrected chi connectivity index (χ2v) is 5.50. The fraction of sp³-hybridized carbons (Fsp3) is 0.692. The summed E-state index contributed by atoms with van der Waals surface area (Å²) in [5.41, 5.74) is 1.46. The molecule has 0 aromatic carbocycles. The quantitative estimate of drug-likeness (QED) is 0.896. The molecule has 2 unspecified atom stereocenters. The molecule has 0 aliphatic heterocycles. The topological polar surface area (TPSA) is 53.6 Å². The molecule has 0 saturated heterocycles. The lowest BCUT2D eigenvalue weighted by Crippen LogP contribution is -2.46. The van der Waals surface area contributed by atoms with E-state index in [-0.39, 0.29) is 6.04 Å². The first-order valence-corrected chi connectivity index (χ1v) is 6.72. The largest absolute Gasteiger partial charge is 0.302 e. The highest BCUT2D eigenvalue weighted by Gasteiger charge is 2.36. The van der Waals surface area contributed by atoms with Crippen LogP contribution in [0, 0.1) is 25.2 Å². The van der Waals surface area contributed by atoms with Crippen LogP contribution in [0.5, 0.6) is 0 Å². The second-order valence-electron chi connectivity index (χ2n) is 5.12. The molecule has 2 rings (SSSR count). The van der Waals surface area contributed by atoms with E-state index in [4.69, 9.17) is 11.6 Å². The standard InChI is InChI=1S/C13H19ClN4/c1-9-12(14)10(2)18(17-9)11-5-4-6-13(7-11,8-15)16-3/h11,16H,4-7H2,1-3H3. The van der Waals surface area contributed by atoms with Gasteiger partial charge in [-0.2, -0.15) is 10.4 Å². The van der Waals surface area contributed by atoms with Crippen LogP contribution < -0.4 is 5.32 Å². The van der Waals surface area contributed by atoms with Crippen molar-refractivity contribution < 1.29 is 0 Å². The van der Waals surface area contributed by atoms with Crippen LogP contribution >= 0.6 is 11.6 Å². The minimum atomic E-state index is -0.415. The Labute approximate surface area is 113 Å². The molecule has 1 saturated carbocycles. The Morgan fingerprint density at radius 2 is 2.28 bits per heavy atom. The molecule has 0 amide bonds. The normalized spacial score (nSPS) is 28.1. The van der Waals surface area contributed by atoms with E-state index in [1.54, 1.807) is 0 Å². The Hall–Kier alpha value is -1.05. The van der Waals surface area contributed by atoms with E-state index in [2.05, 4.69) is 16.5 Å². The van der Waals surface area contributed by atoms with Gasteiger partial charge in [0.05, 0.1) is 28.5 Å². The minimum Gasteiger partial charge on any atom is -0.302 e. The molecule has 1 fully saturated rings. The maximum atomic E-state index is 9.37. The number of halogens is 1. The molecule has 0 bridgehead atoms. The van der Waals surface area contributed by atoms with Crippen molar-refractivity contribution >= 4 is 11.6 Å². The molecule has 2 atom stereocenters. The van der Waals surface area contributed by atoms with E-state index in [0.717, 1.165) is 42.1 Å². The maximum Gasteiger partial charge on any atom is 0.108 e. The number of rotatable bonds is 2. The molecule has 1 aromatic rings. The molecule has 18 heavy (non-hydrogen) atoms. The summed E-state index contributed by atoms with van der Waals surface area (Å²) in [5, 5.41) is 17.8. The van der Waals surface area contributed by atoms with E-state index in [1.165, 1.54) is 0 Å². The molecule has 1 aromatic heterocycles. The van der Waals surface area contributed by atoms with Crippen molar-refractivity contribution in [3.63, 3.8) is 0 Å². The fourth-order valence-corrected chi connectivity index (χ4v) is 2.96. The zero-order chi connectivity index (χ0) is 13.3. The van der Waals surface area contributed by atoms with Crippen LogP contribution in [-0.2, 0) is 0 Å². The summed E-state index contributed by atoms with van der Waals surface area (Å²) in [6, 6.07) is 2.68. The molecule has 5 heteroatoms. The Kier molecular flexibility index (Phi) is 3.65. The van der Waals surface area contributed by atoms with Gasteiger partial charge in [0.2, 0.25) is 0 Å². The minimum absolute atomic E-state index is 0.261. The molecule has 98 valence electrons. The first-order chi connectivity index (χ1) is 8.53. The third-order valence-electron chi connectivity index (χ3n) is 4.00. The molecular formula is C13H19ClN4. The Morgan fingerprint density at radius 1 is 1.56 bits per heavy atom. The number of hydrogen-bond acceptors (Lipinski definition) is 3. The highest BCUT2D eigenvalue weighted by molar-refractivity contribution is 6.31. The van der Waals surface area contributed by atoms with Crippen molar-refractivity contribution in [2.45, 2.75) is 51.1 Å². The van der Waals surface area contributed by atoms with Gasteiger partial charge in [0, 0.05) is 6.42 Å². The molecule has 1 aliphatic carbocycles.